The zero-order valence-electron chi connectivity index (χ0n) is 17.8. The molecular weight excluding hydrogens is 436 g/mol. The van der Waals surface area contributed by atoms with Crippen molar-refractivity contribution in [3.05, 3.63) is 83.7 Å². The average molecular weight is 458 g/mol. The lowest BCUT2D eigenvalue weighted by Gasteiger charge is -2.17. The van der Waals surface area contributed by atoms with E-state index in [0.717, 1.165) is 6.07 Å². The second-order valence-electron chi connectivity index (χ2n) is 7.91. The van der Waals surface area contributed by atoms with E-state index in [1.54, 1.807) is 24.3 Å². The Hall–Kier alpha value is -3.39. The van der Waals surface area contributed by atoms with Gasteiger partial charge in [-0.15, -0.1) is 0 Å². The lowest BCUT2D eigenvalue weighted by atomic mass is 10.0. The molecule has 0 aliphatic heterocycles. The van der Waals surface area contributed by atoms with Crippen LogP contribution < -0.4 is 0 Å². The van der Waals surface area contributed by atoms with Crippen LogP contribution in [0.15, 0.2) is 66.4 Å². The molecule has 2 aromatic carbocycles. The summed E-state index contributed by atoms with van der Waals surface area (Å²) in [6, 6.07) is 10.2. The Morgan fingerprint density at radius 3 is 2.55 bits per heavy atom. The number of alkyl halides is 3. The molecule has 1 aromatic heterocycles. The summed E-state index contributed by atoms with van der Waals surface area (Å²) in [6.07, 6.45) is -0.0173. The zero-order valence-corrected chi connectivity index (χ0v) is 17.8. The topological polar surface area (TPSA) is 58.3 Å². The van der Waals surface area contributed by atoms with Crippen LogP contribution >= 0.6 is 0 Å². The second-order valence-corrected chi connectivity index (χ2v) is 7.91. The van der Waals surface area contributed by atoms with E-state index in [1.165, 1.54) is 42.0 Å². The molecule has 0 amide bonds. The maximum Gasteiger partial charge on any atom is 0.416 e. The third kappa shape index (κ3) is 4.71. The standard InChI is InChI=1S/C25H22F4N2O2/c1-15(32)22-14-31(24(30-22)19-8-3-2-4-9-21(19)25(27,28)29)18-7-5-6-16(12-18)20-13-17(26)10-11-23(20)33/h5-15,32-33H,2-4H2,1H3. The summed E-state index contributed by atoms with van der Waals surface area (Å²) in [4.78, 5) is 4.34. The van der Waals surface area contributed by atoms with Gasteiger partial charge < -0.3 is 10.2 Å². The van der Waals surface area contributed by atoms with Crippen LogP contribution in [0.5, 0.6) is 5.75 Å². The summed E-state index contributed by atoms with van der Waals surface area (Å²) in [7, 11) is 0. The number of hydrogen-bond donors (Lipinski definition) is 2. The molecule has 1 unspecified atom stereocenters. The van der Waals surface area contributed by atoms with Crippen molar-refractivity contribution in [2.45, 2.75) is 38.5 Å². The van der Waals surface area contributed by atoms with E-state index >= 15 is 0 Å². The zero-order chi connectivity index (χ0) is 23.8. The van der Waals surface area contributed by atoms with Gasteiger partial charge in [0.1, 0.15) is 17.4 Å². The molecular formula is C25H22F4N2O2. The van der Waals surface area contributed by atoms with Crippen LogP contribution in [-0.4, -0.2) is 25.9 Å². The van der Waals surface area contributed by atoms with Crippen LogP contribution in [0.1, 0.15) is 43.8 Å². The number of aromatic nitrogens is 2. The first-order valence-electron chi connectivity index (χ1n) is 10.5. The molecule has 8 heteroatoms. The summed E-state index contributed by atoms with van der Waals surface area (Å²) < 4.78 is 56.9. The van der Waals surface area contributed by atoms with Crippen LogP contribution in [0, 0.1) is 5.82 Å². The fraction of sp³-hybridized carbons (Fsp3) is 0.240. The fourth-order valence-corrected chi connectivity index (χ4v) is 3.86. The van der Waals surface area contributed by atoms with Gasteiger partial charge in [-0.25, -0.2) is 9.37 Å². The number of aliphatic hydroxyl groups excluding tert-OH is 1. The van der Waals surface area contributed by atoms with Crippen molar-refractivity contribution in [2.24, 2.45) is 0 Å². The van der Waals surface area contributed by atoms with Gasteiger partial charge in [0.05, 0.1) is 17.4 Å². The molecule has 0 bridgehead atoms. The Labute approximate surface area is 188 Å². The predicted octanol–water partition coefficient (Wildman–Crippen LogP) is 6.49. The number of phenols is 1. The second kappa shape index (κ2) is 8.86. The molecule has 2 N–H and O–H groups in total. The molecule has 3 aromatic rings. The first-order chi connectivity index (χ1) is 15.6. The number of hydrogen-bond acceptors (Lipinski definition) is 3. The lowest BCUT2D eigenvalue weighted by molar-refractivity contribution is -0.0873. The number of halogens is 4. The Balaban J connectivity index is 1.89. The Bertz CT molecular complexity index is 1240. The Morgan fingerprint density at radius 2 is 1.82 bits per heavy atom. The predicted molar refractivity (Wildman–Crippen MR) is 117 cm³/mol. The van der Waals surface area contributed by atoms with Gasteiger partial charge in [0.2, 0.25) is 0 Å². The summed E-state index contributed by atoms with van der Waals surface area (Å²) in [5.74, 6) is -0.605. The van der Waals surface area contributed by atoms with Crippen LogP contribution in [0.3, 0.4) is 0 Å². The molecule has 1 heterocycles. The number of imidazole rings is 1. The minimum Gasteiger partial charge on any atom is -0.507 e. The van der Waals surface area contributed by atoms with Crippen molar-refractivity contribution in [3.63, 3.8) is 0 Å². The Kier molecular flexibility index (Phi) is 6.12. The van der Waals surface area contributed by atoms with Crippen molar-refractivity contribution in [1.29, 1.82) is 0 Å². The highest BCUT2D eigenvalue weighted by Gasteiger charge is 2.38. The number of nitrogens with zero attached hydrogens (tertiary/aromatic N) is 2. The van der Waals surface area contributed by atoms with Gasteiger partial charge in [0, 0.05) is 23.0 Å². The summed E-state index contributed by atoms with van der Waals surface area (Å²) in [6.45, 7) is 1.49. The number of aromatic hydroxyl groups is 1. The van der Waals surface area contributed by atoms with Crippen LogP contribution in [0.25, 0.3) is 22.4 Å². The highest BCUT2D eigenvalue weighted by molar-refractivity contribution is 5.79. The highest BCUT2D eigenvalue weighted by atomic mass is 19.4. The van der Waals surface area contributed by atoms with E-state index in [4.69, 9.17) is 0 Å². The van der Waals surface area contributed by atoms with Gasteiger partial charge in [0.15, 0.2) is 0 Å². The molecule has 1 aliphatic rings. The molecule has 0 saturated carbocycles. The summed E-state index contributed by atoms with van der Waals surface area (Å²) in [5, 5.41) is 20.3. The average Bonchev–Trinajstić information content (AvgIpc) is 3.06. The number of benzene rings is 2. The van der Waals surface area contributed by atoms with Crippen LogP contribution in [0.4, 0.5) is 17.6 Å². The number of phenolic OH excluding ortho intramolecular Hbond substituents is 1. The third-order valence-electron chi connectivity index (χ3n) is 5.49. The number of allylic oxidation sites excluding steroid dienone is 4. The molecule has 0 spiro atoms. The van der Waals surface area contributed by atoms with Crippen molar-refractivity contribution in [3.8, 4) is 22.6 Å². The van der Waals surface area contributed by atoms with Gasteiger partial charge in [-0.1, -0.05) is 24.3 Å². The number of rotatable bonds is 4. The van der Waals surface area contributed by atoms with E-state index in [0.29, 0.717) is 30.5 Å². The van der Waals surface area contributed by atoms with Crippen molar-refractivity contribution in [2.75, 3.05) is 0 Å². The van der Waals surface area contributed by atoms with Crippen LogP contribution in [-0.2, 0) is 0 Å². The normalized spacial score (nSPS) is 15.6. The first kappa shape index (κ1) is 22.8. The molecule has 1 aliphatic carbocycles. The third-order valence-corrected chi connectivity index (χ3v) is 5.49. The fourth-order valence-electron chi connectivity index (χ4n) is 3.86. The first-order valence-corrected chi connectivity index (χ1v) is 10.5. The molecule has 0 radical (unpaired) electrons. The van der Waals surface area contributed by atoms with E-state index in [-0.39, 0.29) is 28.4 Å². The molecule has 4 nitrogen and oxygen atoms in total. The molecule has 33 heavy (non-hydrogen) atoms. The summed E-state index contributed by atoms with van der Waals surface area (Å²) in [5.41, 5.74) is 0.588. The van der Waals surface area contributed by atoms with Gasteiger partial charge in [-0.05, 0) is 62.1 Å². The molecule has 0 fully saturated rings. The molecule has 0 saturated heterocycles. The molecule has 172 valence electrons. The van der Waals surface area contributed by atoms with E-state index in [1.807, 2.05) is 0 Å². The van der Waals surface area contributed by atoms with E-state index < -0.39 is 23.7 Å². The van der Waals surface area contributed by atoms with Gasteiger partial charge >= 0.3 is 6.18 Å². The Morgan fingerprint density at radius 1 is 1.06 bits per heavy atom. The molecule has 1 atom stereocenters. The van der Waals surface area contributed by atoms with Crippen molar-refractivity contribution >= 4 is 5.57 Å². The van der Waals surface area contributed by atoms with Gasteiger partial charge in [-0.3, -0.25) is 4.57 Å². The quantitative estimate of drug-likeness (QED) is 0.439. The van der Waals surface area contributed by atoms with Gasteiger partial charge in [-0.2, -0.15) is 13.2 Å². The molecule has 4 rings (SSSR count). The maximum atomic E-state index is 13.9. The monoisotopic (exact) mass is 458 g/mol. The minimum atomic E-state index is -4.56. The maximum absolute atomic E-state index is 13.9. The lowest BCUT2D eigenvalue weighted by Crippen LogP contribution is -2.15. The largest absolute Gasteiger partial charge is 0.507 e. The van der Waals surface area contributed by atoms with Crippen molar-refractivity contribution in [1.82, 2.24) is 9.55 Å². The van der Waals surface area contributed by atoms with E-state index in [2.05, 4.69) is 4.98 Å². The smallest absolute Gasteiger partial charge is 0.416 e. The van der Waals surface area contributed by atoms with Crippen LogP contribution in [0.2, 0.25) is 0 Å². The van der Waals surface area contributed by atoms with Gasteiger partial charge in [0.25, 0.3) is 0 Å². The van der Waals surface area contributed by atoms with Crippen molar-refractivity contribution < 1.29 is 27.8 Å². The number of aliphatic hydroxyl groups is 1. The van der Waals surface area contributed by atoms with E-state index in [9.17, 15) is 27.8 Å². The minimum absolute atomic E-state index is 0.0501. The highest BCUT2D eigenvalue weighted by Crippen LogP contribution is 2.40. The SMILES string of the molecule is CC(O)c1cn(-c2cccc(-c3cc(F)ccc3O)c2)c(C2=CCCCC=C2C(F)(F)F)n1. The summed E-state index contributed by atoms with van der Waals surface area (Å²) >= 11 is 0.